The van der Waals surface area contributed by atoms with E-state index in [0.29, 0.717) is 72.4 Å². The molecule has 2 saturated heterocycles. The van der Waals surface area contributed by atoms with Gasteiger partial charge >= 0.3 is 0 Å². The number of likely N-dealkylation sites (tertiary alicyclic amines) is 1. The molecule has 4 aromatic rings. The minimum absolute atomic E-state index is 0.0758. The molecule has 0 N–H and O–H groups in total. The van der Waals surface area contributed by atoms with Gasteiger partial charge in [-0.05, 0) is 45.1 Å². The number of likely N-dealkylation sites (N-methyl/N-ethyl adjacent to an activating group) is 1. The van der Waals surface area contributed by atoms with Crippen LogP contribution in [0.5, 0.6) is 11.5 Å². The number of piperidine rings is 1. The Hall–Kier alpha value is -4.40. The maximum atomic E-state index is 16.9. The first kappa shape index (κ1) is 29.3. The number of halogens is 2. The SMILES string of the molecule is [C-]#[N+]C[C@@H]1C[C@@H](n2cnc3c(N4CC(N(C)C)C4)nc4c(F)c(-c5cccc6c5OCCO6)c(Cl)cc4c32)CCN1C(=O)C=C. The Balaban J connectivity index is 1.41. The van der Waals surface area contributed by atoms with Crippen LogP contribution in [0.2, 0.25) is 5.02 Å². The van der Waals surface area contributed by atoms with E-state index in [1.165, 1.54) is 6.08 Å². The summed E-state index contributed by atoms with van der Waals surface area (Å²) in [6, 6.07) is 7.13. The Bertz CT molecular complexity index is 1880. The predicted molar refractivity (Wildman–Crippen MR) is 172 cm³/mol. The van der Waals surface area contributed by atoms with E-state index in [2.05, 4.69) is 25.8 Å². The molecule has 10 nitrogen and oxygen atoms in total. The maximum absolute atomic E-state index is 16.9. The lowest BCUT2D eigenvalue weighted by Gasteiger charge is -2.43. The van der Waals surface area contributed by atoms with Gasteiger partial charge in [-0.3, -0.25) is 4.79 Å². The molecule has 0 unspecified atom stereocenters. The van der Waals surface area contributed by atoms with Crippen LogP contribution in [-0.2, 0) is 4.79 Å². The number of carbonyl (C=O) groups excluding carboxylic acids is 1. The van der Waals surface area contributed by atoms with Crippen LogP contribution in [0.3, 0.4) is 0 Å². The number of fused-ring (bicyclic) bond motifs is 4. The lowest BCUT2D eigenvalue weighted by molar-refractivity contribution is -0.129. The summed E-state index contributed by atoms with van der Waals surface area (Å²) in [7, 11) is 4.09. The number of nitrogens with zero attached hydrogens (tertiary/aromatic N) is 7. The Morgan fingerprint density at radius 2 is 2.07 bits per heavy atom. The van der Waals surface area contributed by atoms with Crippen molar-refractivity contribution in [3.05, 3.63) is 65.5 Å². The average molecular weight is 630 g/mol. The van der Waals surface area contributed by atoms with Crippen LogP contribution >= 0.6 is 11.6 Å². The van der Waals surface area contributed by atoms with Crippen molar-refractivity contribution in [1.29, 1.82) is 0 Å². The quantitative estimate of drug-likeness (QED) is 0.214. The number of imidazole rings is 1. The molecular formula is C33H33ClFN7O3. The minimum Gasteiger partial charge on any atom is -0.486 e. The number of benzene rings is 2. The molecule has 2 fully saturated rings. The van der Waals surface area contributed by atoms with Crippen molar-refractivity contribution in [1.82, 2.24) is 24.3 Å². The van der Waals surface area contributed by atoms with Gasteiger partial charge in [0, 0.05) is 48.2 Å². The summed E-state index contributed by atoms with van der Waals surface area (Å²) in [5.74, 6) is 0.897. The Morgan fingerprint density at radius 1 is 1.27 bits per heavy atom. The zero-order chi connectivity index (χ0) is 31.4. The van der Waals surface area contributed by atoms with Gasteiger partial charge in [-0.2, -0.15) is 0 Å². The Morgan fingerprint density at radius 3 is 2.82 bits per heavy atom. The number of carbonyl (C=O) groups is 1. The molecule has 12 heteroatoms. The second-order valence-corrected chi connectivity index (χ2v) is 12.4. The number of hydrogen-bond acceptors (Lipinski definition) is 7. The van der Waals surface area contributed by atoms with Gasteiger partial charge < -0.3 is 33.6 Å². The van der Waals surface area contributed by atoms with Crippen LogP contribution in [0.4, 0.5) is 10.2 Å². The Labute approximate surface area is 265 Å². The molecule has 2 aromatic heterocycles. The number of aromatic nitrogens is 3. The number of pyridine rings is 1. The van der Waals surface area contributed by atoms with Gasteiger partial charge in [-0.1, -0.05) is 30.3 Å². The third-order valence-electron chi connectivity index (χ3n) is 9.24. The highest BCUT2D eigenvalue weighted by atomic mass is 35.5. The third kappa shape index (κ3) is 4.84. The third-order valence-corrected chi connectivity index (χ3v) is 9.54. The maximum Gasteiger partial charge on any atom is 0.246 e. The van der Waals surface area contributed by atoms with E-state index in [4.69, 9.17) is 37.6 Å². The van der Waals surface area contributed by atoms with Gasteiger partial charge in [-0.15, -0.1) is 0 Å². The molecule has 0 radical (unpaired) electrons. The smallest absolute Gasteiger partial charge is 0.246 e. The second-order valence-electron chi connectivity index (χ2n) is 12.0. The van der Waals surface area contributed by atoms with Gasteiger partial charge in [0.05, 0.1) is 16.9 Å². The Kier molecular flexibility index (Phi) is 7.50. The van der Waals surface area contributed by atoms with Gasteiger partial charge in [-0.25, -0.2) is 20.9 Å². The predicted octanol–water partition coefficient (Wildman–Crippen LogP) is 5.20. The summed E-state index contributed by atoms with van der Waals surface area (Å²) in [5.41, 5.74) is 2.31. The number of anilines is 1. The molecule has 45 heavy (non-hydrogen) atoms. The molecule has 3 aliphatic rings. The molecule has 0 aliphatic carbocycles. The van der Waals surface area contributed by atoms with Crippen LogP contribution in [-0.4, -0.2) is 95.8 Å². The monoisotopic (exact) mass is 629 g/mol. The zero-order valence-corrected chi connectivity index (χ0v) is 25.9. The molecule has 232 valence electrons. The standard InChI is InChI=1S/C33H33ClFN7O3/c1-5-26(43)41-10-9-19(13-20(41)15-36-2)42-18-37-30-31(42)23-14-24(34)27(22-7-6-8-25-32(22)45-12-11-44-25)28(35)29(23)38-33(30)40-16-21(17-40)39(3)4/h5-8,14,18-21H,1,9-13,15-17H2,3-4H3/t19-,20-/m0/s1. The molecule has 0 bridgehead atoms. The molecule has 2 aromatic carbocycles. The van der Waals surface area contributed by atoms with Crippen molar-refractivity contribution >= 4 is 45.3 Å². The first-order chi connectivity index (χ1) is 21.8. The minimum atomic E-state index is -0.544. The van der Waals surface area contributed by atoms with E-state index in [1.54, 1.807) is 35.5 Å². The summed E-state index contributed by atoms with van der Waals surface area (Å²) >= 11 is 6.92. The fourth-order valence-electron chi connectivity index (χ4n) is 6.79. The van der Waals surface area contributed by atoms with Gasteiger partial charge in [0.25, 0.3) is 0 Å². The van der Waals surface area contributed by atoms with Gasteiger partial charge in [0.15, 0.2) is 23.1 Å². The van der Waals surface area contributed by atoms with E-state index >= 15 is 4.39 Å². The second kappa shape index (κ2) is 11.5. The van der Waals surface area contributed by atoms with E-state index in [-0.39, 0.29) is 40.6 Å². The van der Waals surface area contributed by atoms with E-state index in [9.17, 15) is 4.79 Å². The van der Waals surface area contributed by atoms with Crippen molar-refractivity contribution in [2.24, 2.45) is 0 Å². The van der Waals surface area contributed by atoms with Crippen LogP contribution in [0.1, 0.15) is 18.9 Å². The van der Waals surface area contributed by atoms with E-state index in [1.807, 2.05) is 14.1 Å². The van der Waals surface area contributed by atoms with Crippen molar-refractivity contribution in [2.45, 2.75) is 31.0 Å². The van der Waals surface area contributed by atoms with Crippen LogP contribution in [0, 0.1) is 12.4 Å². The fourth-order valence-corrected chi connectivity index (χ4v) is 7.08. The largest absolute Gasteiger partial charge is 0.486 e. The highest BCUT2D eigenvalue weighted by Crippen LogP contribution is 2.47. The highest BCUT2D eigenvalue weighted by Gasteiger charge is 2.37. The molecule has 1 amide bonds. The van der Waals surface area contributed by atoms with Crippen molar-refractivity contribution < 1.29 is 18.7 Å². The van der Waals surface area contributed by atoms with E-state index in [0.717, 1.165) is 18.6 Å². The summed E-state index contributed by atoms with van der Waals surface area (Å²) < 4.78 is 30.7. The van der Waals surface area contributed by atoms with Crippen LogP contribution in [0.15, 0.2) is 43.2 Å². The number of hydrogen-bond donors (Lipinski definition) is 0. The first-order valence-corrected chi connectivity index (χ1v) is 15.4. The number of para-hydroxylation sites is 1. The van der Waals surface area contributed by atoms with Crippen molar-refractivity contribution in [2.75, 3.05) is 58.4 Å². The molecular weight excluding hydrogens is 597 g/mol. The fraction of sp³-hybridized carbons (Fsp3) is 0.394. The molecule has 3 aliphatic heterocycles. The molecule has 0 spiro atoms. The highest BCUT2D eigenvalue weighted by molar-refractivity contribution is 6.35. The van der Waals surface area contributed by atoms with Crippen LogP contribution < -0.4 is 14.4 Å². The van der Waals surface area contributed by atoms with Gasteiger partial charge in [0.2, 0.25) is 12.5 Å². The van der Waals surface area contributed by atoms with Crippen LogP contribution in [0.25, 0.3) is 37.9 Å². The number of ether oxygens (including phenoxy) is 2. The zero-order valence-electron chi connectivity index (χ0n) is 25.2. The summed E-state index contributed by atoms with van der Waals surface area (Å²) in [6.07, 6.45) is 4.28. The molecule has 5 heterocycles. The lowest BCUT2D eigenvalue weighted by Crippen LogP contribution is -2.57. The molecule has 2 atom stereocenters. The number of rotatable bonds is 6. The summed E-state index contributed by atoms with van der Waals surface area (Å²) in [5, 5.41) is 0.774. The van der Waals surface area contributed by atoms with Gasteiger partial charge in [0.1, 0.15) is 30.3 Å². The number of amides is 1. The normalized spacial score (nSPS) is 20.0. The van der Waals surface area contributed by atoms with E-state index < -0.39 is 5.82 Å². The summed E-state index contributed by atoms with van der Waals surface area (Å²) in [4.78, 5) is 32.0. The summed E-state index contributed by atoms with van der Waals surface area (Å²) in [6.45, 7) is 14.0. The molecule has 0 saturated carbocycles. The van der Waals surface area contributed by atoms with Crippen molar-refractivity contribution in [3.63, 3.8) is 0 Å². The topological polar surface area (TPSA) is 80.3 Å². The van der Waals surface area contributed by atoms with Crippen molar-refractivity contribution in [3.8, 4) is 22.6 Å². The first-order valence-electron chi connectivity index (χ1n) is 15.1. The molecule has 7 rings (SSSR count). The lowest BCUT2D eigenvalue weighted by atomic mass is 9.96. The average Bonchev–Trinajstić information content (AvgIpc) is 3.46.